The van der Waals surface area contributed by atoms with E-state index >= 15 is 0 Å². The molecular weight excluding hydrogens is 343 g/mol. The molecule has 2 aromatic rings. The molecule has 0 bridgehead atoms. The van der Waals surface area contributed by atoms with E-state index < -0.39 is 0 Å². The molecule has 0 aliphatic carbocycles. The number of hydrogen-bond acceptors (Lipinski definition) is 2. The summed E-state index contributed by atoms with van der Waals surface area (Å²) < 4.78 is 14.9. The number of benzene rings is 2. The van der Waals surface area contributed by atoms with E-state index in [-0.39, 0.29) is 16.9 Å². The van der Waals surface area contributed by atoms with Crippen LogP contribution < -0.4 is 11.3 Å². The van der Waals surface area contributed by atoms with E-state index in [1.165, 1.54) is 6.07 Å². The molecule has 0 heterocycles. The Morgan fingerprint density at radius 1 is 1.35 bits per heavy atom. The Bertz CT molecular complexity index is 619. The Kier molecular flexibility index (Phi) is 5.16. The summed E-state index contributed by atoms with van der Waals surface area (Å²) in [5, 5.41) is 0.128. The first-order chi connectivity index (χ1) is 9.52. The summed E-state index contributed by atoms with van der Waals surface area (Å²) >= 11 is 9.29. The zero-order valence-electron chi connectivity index (χ0n) is 11.0. The molecule has 0 radical (unpaired) electrons. The van der Waals surface area contributed by atoms with Crippen molar-refractivity contribution in [3.05, 3.63) is 68.4 Å². The minimum Gasteiger partial charge on any atom is -0.271 e. The Balaban J connectivity index is 2.28. The number of aryl methyl sites for hydroxylation is 1. The van der Waals surface area contributed by atoms with Crippen molar-refractivity contribution >= 4 is 27.5 Å². The first-order valence-corrected chi connectivity index (χ1v) is 7.35. The highest BCUT2D eigenvalue weighted by Crippen LogP contribution is 2.26. The molecule has 2 rings (SSSR count). The molecule has 0 saturated heterocycles. The number of hydrogen-bond donors (Lipinski definition) is 2. The van der Waals surface area contributed by atoms with Crippen molar-refractivity contribution in [3.8, 4) is 0 Å². The number of rotatable bonds is 4. The fourth-order valence-corrected chi connectivity index (χ4v) is 2.62. The van der Waals surface area contributed by atoms with Crippen molar-refractivity contribution in [3.63, 3.8) is 0 Å². The minimum atomic E-state index is -0.388. The van der Waals surface area contributed by atoms with E-state index in [9.17, 15) is 4.39 Å². The Morgan fingerprint density at radius 2 is 2.10 bits per heavy atom. The van der Waals surface area contributed by atoms with Gasteiger partial charge in [0.25, 0.3) is 0 Å². The smallest absolute Gasteiger partial charge is 0.145 e. The van der Waals surface area contributed by atoms with Crippen LogP contribution in [0.3, 0.4) is 0 Å². The summed E-state index contributed by atoms with van der Waals surface area (Å²) in [5.41, 5.74) is 5.40. The molecule has 0 aliphatic rings. The van der Waals surface area contributed by atoms with E-state index in [0.717, 1.165) is 15.6 Å². The van der Waals surface area contributed by atoms with E-state index in [1.807, 2.05) is 25.1 Å². The van der Waals surface area contributed by atoms with Crippen LogP contribution in [0.25, 0.3) is 0 Å². The number of hydrazine groups is 1. The zero-order valence-corrected chi connectivity index (χ0v) is 13.3. The van der Waals surface area contributed by atoms with Gasteiger partial charge < -0.3 is 0 Å². The molecule has 0 aromatic heterocycles. The normalized spacial score (nSPS) is 12.4. The highest BCUT2D eigenvalue weighted by Gasteiger charge is 2.15. The third kappa shape index (κ3) is 3.38. The Hall–Kier alpha value is -0.940. The monoisotopic (exact) mass is 356 g/mol. The van der Waals surface area contributed by atoms with Crippen LogP contribution in [0.15, 0.2) is 40.9 Å². The summed E-state index contributed by atoms with van der Waals surface area (Å²) in [6.45, 7) is 2.01. The molecule has 2 aromatic carbocycles. The largest absolute Gasteiger partial charge is 0.271 e. The molecule has 1 atom stereocenters. The predicted octanol–water partition coefficient (Wildman–Crippen LogP) is 4.30. The number of nitrogens with two attached hydrogens (primary N) is 1. The summed E-state index contributed by atoms with van der Waals surface area (Å²) in [6, 6.07) is 10.8. The van der Waals surface area contributed by atoms with Gasteiger partial charge in [-0.2, -0.15) is 0 Å². The quantitative estimate of drug-likeness (QED) is 0.632. The lowest BCUT2D eigenvalue weighted by atomic mass is 9.98. The van der Waals surface area contributed by atoms with Crippen LogP contribution >= 0.6 is 27.5 Å². The number of halogens is 3. The summed E-state index contributed by atoms with van der Waals surface area (Å²) in [4.78, 5) is 0. The second-order valence-corrected chi connectivity index (χ2v) is 5.91. The van der Waals surface area contributed by atoms with Crippen molar-refractivity contribution in [2.24, 2.45) is 5.84 Å². The SMILES string of the molecule is Cc1ccc(C(Cc2cccc(Cl)c2F)NN)cc1Br. The van der Waals surface area contributed by atoms with Crippen LogP contribution in [0.2, 0.25) is 5.02 Å². The third-order valence-corrected chi connectivity index (χ3v) is 4.40. The van der Waals surface area contributed by atoms with Gasteiger partial charge in [-0.05, 0) is 42.2 Å². The average molecular weight is 358 g/mol. The lowest BCUT2D eigenvalue weighted by molar-refractivity contribution is 0.529. The fourth-order valence-electron chi connectivity index (χ4n) is 2.02. The molecular formula is C15H15BrClFN2. The molecule has 0 saturated carbocycles. The Morgan fingerprint density at radius 3 is 2.75 bits per heavy atom. The van der Waals surface area contributed by atoms with Gasteiger partial charge >= 0.3 is 0 Å². The van der Waals surface area contributed by atoms with Gasteiger partial charge in [-0.1, -0.05) is 51.8 Å². The second kappa shape index (κ2) is 6.68. The van der Waals surface area contributed by atoms with E-state index in [2.05, 4.69) is 21.4 Å². The van der Waals surface area contributed by atoms with Crippen LogP contribution in [0.5, 0.6) is 0 Å². The molecule has 1 unspecified atom stereocenters. The highest BCUT2D eigenvalue weighted by molar-refractivity contribution is 9.10. The van der Waals surface area contributed by atoms with Crippen molar-refractivity contribution in [2.75, 3.05) is 0 Å². The highest BCUT2D eigenvalue weighted by atomic mass is 79.9. The van der Waals surface area contributed by atoms with Crippen LogP contribution in [0.1, 0.15) is 22.7 Å². The molecule has 20 heavy (non-hydrogen) atoms. The molecule has 0 spiro atoms. The van der Waals surface area contributed by atoms with Crippen LogP contribution in [-0.4, -0.2) is 0 Å². The molecule has 5 heteroatoms. The van der Waals surface area contributed by atoms with Crippen molar-refractivity contribution in [2.45, 2.75) is 19.4 Å². The lowest BCUT2D eigenvalue weighted by Crippen LogP contribution is -2.29. The van der Waals surface area contributed by atoms with Gasteiger partial charge in [0, 0.05) is 4.47 Å². The average Bonchev–Trinajstić information content (AvgIpc) is 2.44. The van der Waals surface area contributed by atoms with E-state index in [4.69, 9.17) is 17.4 Å². The third-order valence-electron chi connectivity index (χ3n) is 3.26. The van der Waals surface area contributed by atoms with Gasteiger partial charge in [-0.15, -0.1) is 0 Å². The van der Waals surface area contributed by atoms with Crippen molar-refractivity contribution in [1.29, 1.82) is 0 Å². The molecule has 3 N–H and O–H groups in total. The van der Waals surface area contributed by atoms with Crippen LogP contribution in [-0.2, 0) is 6.42 Å². The van der Waals surface area contributed by atoms with E-state index in [0.29, 0.717) is 12.0 Å². The second-order valence-electron chi connectivity index (χ2n) is 4.64. The molecule has 0 amide bonds. The maximum absolute atomic E-state index is 13.9. The predicted molar refractivity (Wildman–Crippen MR) is 84.1 cm³/mol. The van der Waals surface area contributed by atoms with Gasteiger partial charge in [0.2, 0.25) is 0 Å². The van der Waals surface area contributed by atoms with Gasteiger partial charge in [-0.3, -0.25) is 11.3 Å². The maximum Gasteiger partial charge on any atom is 0.145 e. The molecule has 0 aliphatic heterocycles. The van der Waals surface area contributed by atoms with Gasteiger partial charge in [0.1, 0.15) is 5.82 Å². The van der Waals surface area contributed by atoms with Crippen molar-refractivity contribution in [1.82, 2.24) is 5.43 Å². The number of nitrogens with one attached hydrogen (secondary N) is 1. The van der Waals surface area contributed by atoms with Crippen LogP contribution in [0, 0.1) is 12.7 Å². The summed E-state index contributed by atoms with van der Waals surface area (Å²) in [6.07, 6.45) is 0.429. The van der Waals surface area contributed by atoms with E-state index in [1.54, 1.807) is 12.1 Å². The molecule has 2 nitrogen and oxygen atoms in total. The fraction of sp³-hybridized carbons (Fsp3) is 0.200. The van der Waals surface area contributed by atoms with Gasteiger partial charge in [0.15, 0.2) is 0 Å². The molecule has 0 fully saturated rings. The standard InChI is InChI=1S/C15H15BrClFN2/c1-9-5-6-10(7-12(9)16)14(20-19)8-11-3-2-4-13(17)15(11)18/h2-7,14,20H,8,19H2,1H3. The van der Waals surface area contributed by atoms with Crippen molar-refractivity contribution < 1.29 is 4.39 Å². The Labute approximate surface area is 131 Å². The van der Waals surface area contributed by atoms with Gasteiger partial charge in [0.05, 0.1) is 11.1 Å². The first-order valence-electron chi connectivity index (χ1n) is 6.18. The zero-order chi connectivity index (χ0) is 14.7. The lowest BCUT2D eigenvalue weighted by Gasteiger charge is -2.18. The summed E-state index contributed by atoms with van der Waals surface area (Å²) in [5.74, 6) is 5.22. The van der Waals surface area contributed by atoms with Crippen LogP contribution in [0.4, 0.5) is 4.39 Å². The van der Waals surface area contributed by atoms with Gasteiger partial charge in [-0.25, -0.2) is 4.39 Å². The maximum atomic E-state index is 13.9. The first kappa shape index (κ1) is 15.4. The topological polar surface area (TPSA) is 38.0 Å². The summed E-state index contributed by atoms with van der Waals surface area (Å²) in [7, 11) is 0. The minimum absolute atomic E-state index is 0.128. The molecule has 106 valence electrons.